The van der Waals surface area contributed by atoms with E-state index < -0.39 is 4.92 Å². The number of methoxy groups -OCH3 is 2. The van der Waals surface area contributed by atoms with E-state index in [1.54, 1.807) is 49.5 Å². The van der Waals surface area contributed by atoms with Crippen molar-refractivity contribution in [2.75, 3.05) is 27.4 Å². The SMILES string of the molecule is COCCN1C(=O)C(=Cc2ccc([N+](=O)[O-])cc2)SC1=Nc1ccc(OC)cc1. The molecule has 29 heavy (non-hydrogen) atoms. The van der Waals surface area contributed by atoms with E-state index in [2.05, 4.69) is 4.99 Å². The van der Waals surface area contributed by atoms with Gasteiger partial charge in [-0.1, -0.05) is 0 Å². The standard InChI is InChI=1S/C20H19N3O5S/c1-27-12-11-22-19(24)18(13-14-3-7-16(8-4-14)23(25)26)29-20(22)21-15-5-9-17(28-2)10-6-15/h3-10,13H,11-12H2,1-2H3. The van der Waals surface area contributed by atoms with Crippen LogP contribution in [0.1, 0.15) is 5.56 Å². The van der Waals surface area contributed by atoms with E-state index in [0.717, 1.165) is 5.75 Å². The average Bonchev–Trinajstić information content (AvgIpc) is 3.01. The number of amides is 1. The van der Waals surface area contributed by atoms with Gasteiger partial charge < -0.3 is 9.47 Å². The van der Waals surface area contributed by atoms with Crippen LogP contribution in [0.2, 0.25) is 0 Å². The summed E-state index contributed by atoms with van der Waals surface area (Å²) >= 11 is 1.25. The van der Waals surface area contributed by atoms with Crippen molar-refractivity contribution in [3.05, 3.63) is 69.1 Å². The number of nitro benzene ring substituents is 1. The molecule has 1 aliphatic rings. The molecule has 3 rings (SSSR count). The number of nitrogens with zero attached hydrogens (tertiary/aromatic N) is 3. The maximum Gasteiger partial charge on any atom is 0.269 e. The summed E-state index contributed by atoms with van der Waals surface area (Å²) in [6, 6.07) is 13.2. The van der Waals surface area contributed by atoms with E-state index in [0.29, 0.717) is 34.5 Å². The molecule has 9 heteroatoms. The number of aliphatic imine (C=N–C) groups is 1. The predicted octanol–water partition coefficient (Wildman–Crippen LogP) is 3.85. The number of non-ortho nitro benzene ring substituents is 1. The fourth-order valence-corrected chi connectivity index (χ4v) is 3.61. The highest BCUT2D eigenvalue weighted by atomic mass is 32.2. The van der Waals surface area contributed by atoms with E-state index in [1.807, 2.05) is 12.1 Å². The summed E-state index contributed by atoms with van der Waals surface area (Å²) in [5.74, 6) is 0.539. The van der Waals surface area contributed by atoms with Gasteiger partial charge in [-0.25, -0.2) is 4.99 Å². The number of amidine groups is 1. The normalized spacial score (nSPS) is 16.6. The average molecular weight is 413 g/mol. The molecule has 2 aromatic rings. The summed E-state index contributed by atoms with van der Waals surface area (Å²) in [5.41, 5.74) is 1.39. The Kier molecular flexibility index (Phi) is 6.63. The fraction of sp³-hybridized carbons (Fsp3) is 0.200. The number of carbonyl (C=O) groups is 1. The van der Waals surface area contributed by atoms with Crippen LogP contribution in [0.3, 0.4) is 0 Å². The zero-order valence-electron chi connectivity index (χ0n) is 15.9. The Hall–Kier alpha value is -3.17. The molecule has 150 valence electrons. The molecular formula is C20H19N3O5S. The Morgan fingerprint density at radius 3 is 2.41 bits per heavy atom. The smallest absolute Gasteiger partial charge is 0.269 e. The second-order valence-electron chi connectivity index (χ2n) is 6.00. The number of rotatable bonds is 7. The molecule has 1 fully saturated rings. The maximum absolute atomic E-state index is 12.9. The quantitative estimate of drug-likeness (QED) is 0.389. The van der Waals surface area contributed by atoms with E-state index in [9.17, 15) is 14.9 Å². The van der Waals surface area contributed by atoms with Gasteiger partial charge >= 0.3 is 0 Å². The van der Waals surface area contributed by atoms with Gasteiger partial charge in [0, 0.05) is 19.2 Å². The van der Waals surface area contributed by atoms with Crippen molar-refractivity contribution in [1.82, 2.24) is 4.90 Å². The monoisotopic (exact) mass is 413 g/mol. The highest BCUT2D eigenvalue weighted by molar-refractivity contribution is 8.18. The Morgan fingerprint density at radius 1 is 1.14 bits per heavy atom. The van der Waals surface area contributed by atoms with E-state index >= 15 is 0 Å². The Balaban J connectivity index is 1.88. The van der Waals surface area contributed by atoms with Gasteiger partial charge in [0.1, 0.15) is 5.75 Å². The lowest BCUT2D eigenvalue weighted by Crippen LogP contribution is -2.32. The molecule has 2 aromatic carbocycles. The molecule has 0 aliphatic carbocycles. The summed E-state index contributed by atoms with van der Waals surface area (Å²) in [6.45, 7) is 0.744. The summed E-state index contributed by atoms with van der Waals surface area (Å²) in [4.78, 5) is 29.8. The third kappa shape index (κ3) is 5.01. The highest BCUT2D eigenvalue weighted by Gasteiger charge is 2.33. The number of ether oxygens (including phenoxy) is 2. The molecule has 0 bridgehead atoms. The molecule has 1 amide bonds. The molecule has 0 N–H and O–H groups in total. The molecule has 1 heterocycles. The predicted molar refractivity (Wildman–Crippen MR) is 112 cm³/mol. The third-order valence-electron chi connectivity index (χ3n) is 4.11. The van der Waals surface area contributed by atoms with Crippen LogP contribution < -0.4 is 4.74 Å². The molecule has 1 aliphatic heterocycles. The second-order valence-corrected chi connectivity index (χ2v) is 7.01. The van der Waals surface area contributed by atoms with Gasteiger partial charge in [-0.2, -0.15) is 0 Å². The van der Waals surface area contributed by atoms with Gasteiger partial charge in [0.15, 0.2) is 5.17 Å². The number of hydrogen-bond acceptors (Lipinski definition) is 7. The number of thioether (sulfide) groups is 1. The number of benzene rings is 2. The maximum atomic E-state index is 12.9. The zero-order chi connectivity index (χ0) is 20.8. The van der Waals surface area contributed by atoms with Gasteiger partial charge in [-0.15, -0.1) is 0 Å². The third-order valence-corrected chi connectivity index (χ3v) is 5.11. The van der Waals surface area contributed by atoms with Gasteiger partial charge in [-0.3, -0.25) is 19.8 Å². The molecule has 8 nitrogen and oxygen atoms in total. The van der Waals surface area contributed by atoms with Crippen molar-refractivity contribution in [3.8, 4) is 5.75 Å². The first kappa shape index (κ1) is 20.6. The van der Waals surface area contributed by atoms with E-state index in [-0.39, 0.29) is 11.6 Å². The van der Waals surface area contributed by atoms with Crippen molar-refractivity contribution in [3.63, 3.8) is 0 Å². The molecule has 0 unspecified atom stereocenters. The molecule has 1 saturated heterocycles. The van der Waals surface area contributed by atoms with Gasteiger partial charge in [0.05, 0.1) is 35.8 Å². The Morgan fingerprint density at radius 2 is 1.83 bits per heavy atom. The van der Waals surface area contributed by atoms with Crippen LogP contribution in [0.4, 0.5) is 11.4 Å². The minimum atomic E-state index is -0.460. The summed E-state index contributed by atoms with van der Waals surface area (Å²) in [5, 5.41) is 11.3. The summed E-state index contributed by atoms with van der Waals surface area (Å²) in [7, 11) is 3.16. The lowest BCUT2D eigenvalue weighted by Gasteiger charge is -2.14. The zero-order valence-corrected chi connectivity index (χ0v) is 16.7. The lowest BCUT2D eigenvalue weighted by molar-refractivity contribution is -0.384. The van der Waals surface area contributed by atoms with Crippen LogP contribution in [-0.2, 0) is 9.53 Å². The Bertz CT molecular complexity index is 955. The molecular weight excluding hydrogens is 394 g/mol. The van der Waals surface area contributed by atoms with Gasteiger partial charge in [0.2, 0.25) is 0 Å². The number of carbonyl (C=O) groups excluding carboxylic acids is 1. The van der Waals surface area contributed by atoms with Crippen LogP contribution in [0, 0.1) is 10.1 Å². The molecule has 0 aromatic heterocycles. The van der Waals surface area contributed by atoms with Crippen molar-refractivity contribution in [2.24, 2.45) is 4.99 Å². The van der Waals surface area contributed by atoms with Crippen LogP contribution in [0.5, 0.6) is 5.75 Å². The molecule has 0 atom stereocenters. The van der Waals surface area contributed by atoms with Gasteiger partial charge in [0.25, 0.3) is 11.6 Å². The second kappa shape index (κ2) is 9.35. The molecule has 0 spiro atoms. The van der Waals surface area contributed by atoms with Crippen molar-refractivity contribution < 1.29 is 19.2 Å². The first-order chi connectivity index (χ1) is 14.0. The van der Waals surface area contributed by atoms with Crippen molar-refractivity contribution >= 4 is 40.3 Å². The largest absolute Gasteiger partial charge is 0.497 e. The van der Waals surface area contributed by atoms with Crippen molar-refractivity contribution in [2.45, 2.75) is 0 Å². The number of hydrogen-bond donors (Lipinski definition) is 0. The highest BCUT2D eigenvalue weighted by Crippen LogP contribution is 2.34. The summed E-state index contributed by atoms with van der Waals surface area (Å²) < 4.78 is 10.3. The topological polar surface area (TPSA) is 94.3 Å². The van der Waals surface area contributed by atoms with Crippen LogP contribution >= 0.6 is 11.8 Å². The minimum Gasteiger partial charge on any atom is -0.497 e. The molecule has 0 saturated carbocycles. The first-order valence-electron chi connectivity index (χ1n) is 8.69. The summed E-state index contributed by atoms with van der Waals surface area (Å²) in [6.07, 6.45) is 1.70. The minimum absolute atomic E-state index is 0.000954. The van der Waals surface area contributed by atoms with E-state index in [1.165, 1.54) is 23.9 Å². The van der Waals surface area contributed by atoms with Crippen LogP contribution in [-0.4, -0.2) is 48.3 Å². The van der Waals surface area contributed by atoms with Crippen LogP contribution in [0.25, 0.3) is 6.08 Å². The van der Waals surface area contributed by atoms with Crippen LogP contribution in [0.15, 0.2) is 58.4 Å². The fourth-order valence-electron chi connectivity index (χ4n) is 2.58. The molecule has 0 radical (unpaired) electrons. The lowest BCUT2D eigenvalue weighted by atomic mass is 10.2. The Labute approximate surface area is 172 Å². The first-order valence-corrected chi connectivity index (χ1v) is 9.51. The van der Waals surface area contributed by atoms with Crippen molar-refractivity contribution in [1.29, 1.82) is 0 Å². The van der Waals surface area contributed by atoms with E-state index in [4.69, 9.17) is 9.47 Å². The van der Waals surface area contributed by atoms with Gasteiger partial charge in [-0.05, 0) is 59.8 Å². The number of nitro groups is 1.